The number of rotatable bonds is 8. The van der Waals surface area contributed by atoms with E-state index in [4.69, 9.17) is 19.7 Å². The highest BCUT2D eigenvalue weighted by Crippen LogP contribution is 2.23. The molecular weight excluding hydrogens is 364 g/mol. The summed E-state index contributed by atoms with van der Waals surface area (Å²) in [6, 6.07) is 12.3. The molecule has 0 unspecified atom stereocenters. The van der Waals surface area contributed by atoms with Crippen molar-refractivity contribution in [2.75, 3.05) is 0 Å². The molecule has 0 fully saturated rings. The Labute approximate surface area is 162 Å². The first-order chi connectivity index (χ1) is 12.9. The van der Waals surface area contributed by atoms with Gasteiger partial charge < -0.3 is 19.7 Å². The molecule has 7 heteroatoms. The van der Waals surface area contributed by atoms with Crippen molar-refractivity contribution in [2.45, 2.75) is 38.9 Å². The number of hydrogen-bond donors (Lipinski definition) is 2. The van der Waals surface area contributed by atoms with Crippen LogP contribution in [0.5, 0.6) is 11.5 Å². The Hall–Kier alpha value is -3.35. The molecule has 0 saturated heterocycles. The highest BCUT2D eigenvalue weighted by atomic mass is 16.5. The first-order valence-corrected chi connectivity index (χ1v) is 8.52. The molecule has 2 aromatic carbocycles. The molecule has 28 heavy (non-hydrogen) atoms. The van der Waals surface area contributed by atoms with Crippen LogP contribution in [0.3, 0.4) is 0 Å². The third-order valence-electron chi connectivity index (χ3n) is 4.01. The molecule has 0 aliphatic heterocycles. The average molecular weight is 386 g/mol. The number of carbonyl (C=O) groups is 3. The zero-order valence-corrected chi connectivity index (χ0v) is 16.1. The summed E-state index contributed by atoms with van der Waals surface area (Å²) >= 11 is 0. The molecule has 2 rings (SSSR count). The Morgan fingerprint density at radius 3 is 1.18 bits per heavy atom. The summed E-state index contributed by atoms with van der Waals surface area (Å²) in [6.45, 7) is 5.74. The summed E-state index contributed by atoms with van der Waals surface area (Å²) in [4.78, 5) is 34.8. The van der Waals surface area contributed by atoms with Crippen LogP contribution in [0.1, 0.15) is 43.6 Å². The van der Waals surface area contributed by atoms with Gasteiger partial charge in [-0.15, -0.1) is 0 Å². The van der Waals surface area contributed by atoms with E-state index in [1.807, 2.05) is 0 Å². The van der Waals surface area contributed by atoms with Crippen molar-refractivity contribution < 1.29 is 34.1 Å². The van der Waals surface area contributed by atoms with Gasteiger partial charge >= 0.3 is 11.9 Å². The third-order valence-corrected chi connectivity index (χ3v) is 4.01. The van der Waals surface area contributed by atoms with Gasteiger partial charge in [0.05, 0.1) is 0 Å². The van der Waals surface area contributed by atoms with E-state index in [-0.39, 0.29) is 5.78 Å². The summed E-state index contributed by atoms with van der Waals surface area (Å²) < 4.78 is 10.8. The summed E-state index contributed by atoms with van der Waals surface area (Å²) in [5.74, 6) is -1.76. The van der Waals surface area contributed by atoms with Crippen molar-refractivity contribution in [1.29, 1.82) is 0 Å². The third kappa shape index (κ3) is 4.88. The standard InChI is InChI=1S/C21H22O7/c1-20(2,18(23)24)27-15-9-5-13(6-10-15)17(22)14-7-11-16(12-8-14)28-21(3,4)19(25)26/h5-12H,1-4H3,(H,23,24)(H,25,26). The zero-order chi connectivity index (χ0) is 21.1. The lowest BCUT2D eigenvalue weighted by Gasteiger charge is -2.21. The van der Waals surface area contributed by atoms with E-state index in [0.717, 1.165) is 0 Å². The lowest BCUT2D eigenvalue weighted by atomic mass is 10.0. The van der Waals surface area contributed by atoms with Crippen LogP contribution >= 0.6 is 0 Å². The number of benzene rings is 2. The lowest BCUT2D eigenvalue weighted by molar-refractivity contribution is -0.152. The molecule has 0 aliphatic carbocycles. The van der Waals surface area contributed by atoms with E-state index in [9.17, 15) is 14.4 Å². The number of hydrogen-bond acceptors (Lipinski definition) is 5. The molecule has 148 valence electrons. The number of aliphatic carboxylic acids is 2. The minimum atomic E-state index is -1.38. The maximum Gasteiger partial charge on any atom is 0.347 e. The normalized spacial score (nSPS) is 11.6. The number of ether oxygens (including phenoxy) is 2. The first kappa shape index (κ1) is 21.0. The van der Waals surface area contributed by atoms with Crippen molar-refractivity contribution in [3.63, 3.8) is 0 Å². The van der Waals surface area contributed by atoms with Gasteiger partial charge in [-0.05, 0) is 76.2 Å². The molecule has 0 saturated carbocycles. The van der Waals surface area contributed by atoms with E-state index in [1.165, 1.54) is 52.0 Å². The molecule has 0 aromatic heterocycles. The van der Waals surface area contributed by atoms with E-state index in [1.54, 1.807) is 24.3 Å². The fourth-order valence-corrected chi connectivity index (χ4v) is 2.19. The Morgan fingerprint density at radius 2 is 0.929 bits per heavy atom. The molecule has 0 radical (unpaired) electrons. The van der Waals surface area contributed by atoms with E-state index in [0.29, 0.717) is 22.6 Å². The molecule has 0 amide bonds. The molecule has 0 aliphatic rings. The molecule has 0 heterocycles. The summed E-state index contributed by atoms with van der Waals surface area (Å²) in [5, 5.41) is 18.2. The minimum Gasteiger partial charge on any atom is -0.478 e. The van der Waals surface area contributed by atoms with Gasteiger partial charge in [0.15, 0.2) is 17.0 Å². The number of carbonyl (C=O) groups excluding carboxylic acids is 1. The summed E-state index contributed by atoms with van der Waals surface area (Å²) in [5.41, 5.74) is -1.96. The Morgan fingerprint density at radius 1 is 0.643 bits per heavy atom. The second kappa shape index (κ2) is 7.72. The van der Waals surface area contributed by atoms with Crippen LogP contribution in [0, 0.1) is 0 Å². The number of carboxylic acids is 2. The minimum absolute atomic E-state index is 0.243. The molecule has 7 nitrogen and oxygen atoms in total. The maximum absolute atomic E-state index is 12.6. The van der Waals surface area contributed by atoms with Gasteiger partial charge in [-0.25, -0.2) is 9.59 Å². The van der Waals surface area contributed by atoms with Gasteiger partial charge in [-0.3, -0.25) is 4.79 Å². The van der Waals surface area contributed by atoms with Crippen molar-refractivity contribution >= 4 is 17.7 Å². The second-order valence-corrected chi connectivity index (χ2v) is 7.21. The predicted octanol–water partition coefficient (Wildman–Crippen LogP) is 3.40. The number of ketones is 1. The van der Waals surface area contributed by atoms with Gasteiger partial charge in [0.1, 0.15) is 11.5 Å². The van der Waals surface area contributed by atoms with E-state index >= 15 is 0 Å². The SMILES string of the molecule is CC(C)(Oc1ccc(C(=O)c2ccc(OC(C)(C)C(=O)O)cc2)cc1)C(=O)O. The van der Waals surface area contributed by atoms with Gasteiger partial charge in [-0.1, -0.05) is 0 Å². The maximum atomic E-state index is 12.6. The monoisotopic (exact) mass is 386 g/mol. The summed E-state index contributed by atoms with van der Waals surface area (Å²) in [7, 11) is 0. The fourth-order valence-electron chi connectivity index (χ4n) is 2.19. The van der Waals surface area contributed by atoms with Crippen LogP contribution in [0.25, 0.3) is 0 Å². The van der Waals surface area contributed by atoms with Crippen LogP contribution in [-0.4, -0.2) is 39.1 Å². The van der Waals surface area contributed by atoms with Gasteiger partial charge in [0.25, 0.3) is 0 Å². The van der Waals surface area contributed by atoms with Crippen LogP contribution < -0.4 is 9.47 Å². The Kier molecular flexibility index (Phi) is 5.78. The first-order valence-electron chi connectivity index (χ1n) is 8.52. The van der Waals surface area contributed by atoms with Gasteiger partial charge in [-0.2, -0.15) is 0 Å². The lowest BCUT2D eigenvalue weighted by Crippen LogP contribution is -2.37. The molecule has 0 atom stereocenters. The predicted molar refractivity (Wildman–Crippen MR) is 101 cm³/mol. The fraction of sp³-hybridized carbons (Fsp3) is 0.286. The van der Waals surface area contributed by atoms with Crippen molar-refractivity contribution in [3.8, 4) is 11.5 Å². The van der Waals surface area contributed by atoms with Crippen molar-refractivity contribution in [2.24, 2.45) is 0 Å². The quantitative estimate of drug-likeness (QED) is 0.669. The zero-order valence-electron chi connectivity index (χ0n) is 16.1. The van der Waals surface area contributed by atoms with Gasteiger partial charge in [0, 0.05) is 11.1 Å². The molecule has 2 aromatic rings. The second-order valence-electron chi connectivity index (χ2n) is 7.21. The van der Waals surface area contributed by atoms with Crippen LogP contribution in [-0.2, 0) is 9.59 Å². The smallest absolute Gasteiger partial charge is 0.347 e. The molecule has 0 bridgehead atoms. The van der Waals surface area contributed by atoms with Crippen LogP contribution in [0.2, 0.25) is 0 Å². The topological polar surface area (TPSA) is 110 Å². The van der Waals surface area contributed by atoms with E-state index in [2.05, 4.69) is 0 Å². The molecule has 0 spiro atoms. The molecule has 2 N–H and O–H groups in total. The highest BCUT2D eigenvalue weighted by Gasteiger charge is 2.30. The average Bonchev–Trinajstić information content (AvgIpc) is 2.61. The van der Waals surface area contributed by atoms with Crippen LogP contribution in [0.4, 0.5) is 0 Å². The van der Waals surface area contributed by atoms with Crippen LogP contribution in [0.15, 0.2) is 48.5 Å². The Bertz CT molecular complexity index is 804. The summed E-state index contributed by atoms with van der Waals surface area (Å²) in [6.07, 6.45) is 0. The highest BCUT2D eigenvalue weighted by molar-refractivity contribution is 6.09. The van der Waals surface area contributed by atoms with Crippen molar-refractivity contribution in [3.05, 3.63) is 59.7 Å². The van der Waals surface area contributed by atoms with Crippen molar-refractivity contribution in [1.82, 2.24) is 0 Å². The largest absolute Gasteiger partial charge is 0.478 e. The molecular formula is C21H22O7. The van der Waals surface area contributed by atoms with Gasteiger partial charge in [0.2, 0.25) is 0 Å². The van der Waals surface area contributed by atoms with E-state index < -0.39 is 23.1 Å². The number of carboxylic acid groups (broad SMARTS) is 2. The Balaban J connectivity index is 2.12.